The number of aliphatic hydroxyl groups excluding tert-OH is 1. The largest absolute Gasteiger partial charge is 0.393 e. The van der Waals surface area contributed by atoms with Gasteiger partial charge in [0, 0.05) is 31.9 Å². The molecule has 24 heavy (non-hydrogen) atoms. The van der Waals surface area contributed by atoms with Gasteiger partial charge in [-0.05, 0) is 31.0 Å². The van der Waals surface area contributed by atoms with E-state index in [-0.39, 0.29) is 6.10 Å². The lowest BCUT2D eigenvalue weighted by molar-refractivity contribution is 0.145. The molecule has 4 rings (SSSR count). The van der Waals surface area contributed by atoms with Crippen molar-refractivity contribution < 1.29 is 5.11 Å². The molecule has 0 radical (unpaired) electrons. The molecular weight excluding hydrogens is 324 g/mol. The number of rotatable bonds is 2. The van der Waals surface area contributed by atoms with Gasteiger partial charge >= 0.3 is 0 Å². The van der Waals surface area contributed by atoms with Crippen LogP contribution in [0.4, 0.5) is 5.82 Å². The Morgan fingerprint density at radius 2 is 1.96 bits per heavy atom. The second kappa shape index (κ2) is 6.07. The number of aromatic nitrogens is 3. The van der Waals surface area contributed by atoms with Gasteiger partial charge in [-0.25, -0.2) is 9.97 Å². The first-order valence-electron chi connectivity index (χ1n) is 8.14. The number of hydrogen-bond acceptors (Lipinski definition) is 4. The predicted molar refractivity (Wildman–Crippen MR) is 96.4 cm³/mol. The number of nitrogens with zero attached hydrogens (tertiary/aromatic N) is 4. The van der Waals surface area contributed by atoms with Crippen molar-refractivity contribution in [3.63, 3.8) is 0 Å². The van der Waals surface area contributed by atoms with E-state index >= 15 is 0 Å². The third kappa shape index (κ3) is 2.64. The zero-order valence-corrected chi connectivity index (χ0v) is 14.2. The minimum Gasteiger partial charge on any atom is -0.393 e. The van der Waals surface area contributed by atoms with Crippen molar-refractivity contribution in [2.24, 2.45) is 7.05 Å². The van der Waals surface area contributed by atoms with Crippen LogP contribution in [0.3, 0.4) is 0 Å². The highest BCUT2D eigenvalue weighted by atomic mass is 35.5. The number of aliphatic hydroxyl groups is 1. The van der Waals surface area contributed by atoms with Gasteiger partial charge in [-0.2, -0.15) is 0 Å². The van der Waals surface area contributed by atoms with Gasteiger partial charge in [0.15, 0.2) is 0 Å². The van der Waals surface area contributed by atoms with E-state index in [1.54, 1.807) is 6.20 Å². The average molecular weight is 343 g/mol. The molecule has 3 heterocycles. The molecule has 0 bridgehead atoms. The van der Waals surface area contributed by atoms with E-state index in [9.17, 15) is 5.11 Å². The molecule has 1 aromatic carbocycles. The zero-order chi connectivity index (χ0) is 16.7. The molecule has 0 spiro atoms. The molecule has 124 valence electrons. The number of para-hydroxylation sites is 2. The number of fused-ring (bicyclic) bond motifs is 1. The molecular formula is C18H19ClN4O. The number of pyridine rings is 1. The van der Waals surface area contributed by atoms with Crippen molar-refractivity contribution in [1.82, 2.24) is 14.5 Å². The number of halogens is 1. The number of benzene rings is 1. The van der Waals surface area contributed by atoms with Crippen molar-refractivity contribution in [2.75, 3.05) is 18.0 Å². The molecule has 0 atom stereocenters. The van der Waals surface area contributed by atoms with Crippen LogP contribution in [0.2, 0.25) is 5.02 Å². The smallest absolute Gasteiger partial charge is 0.142 e. The Morgan fingerprint density at radius 1 is 1.21 bits per heavy atom. The molecule has 1 saturated heterocycles. The van der Waals surface area contributed by atoms with E-state index in [0.717, 1.165) is 54.2 Å². The summed E-state index contributed by atoms with van der Waals surface area (Å²) < 4.78 is 2.06. The van der Waals surface area contributed by atoms with Gasteiger partial charge < -0.3 is 14.6 Å². The summed E-state index contributed by atoms with van der Waals surface area (Å²) in [5, 5.41) is 10.3. The molecule has 1 fully saturated rings. The van der Waals surface area contributed by atoms with Crippen molar-refractivity contribution in [3.8, 4) is 11.4 Å². The highest BCUT2D eigenvalue weighted by Gasteiger charge is 2.20. The summed E-state index contributed by atoms with van der Waals surface area (Å²) in [6, 6.07) is 10.0. The summed E-state index contributed by atoms with van der Waals surface area (Å²) >= 11 is 6.42. The van der Waals surface area contributed by atoms with E-state index in [2.05, 4.69) is 14.5 Å². The molecule has 0 aliphatic carbocycles. The summed E-state index contributed by atoms with van der Waals surface area (Å²) in [5.74, 6) is 1.72. The van der Waals surface area contributed by atoms with Crippen molar-refractivity contribution in [2.45, 2.75) is 18.9 Å². The SMILES string of the molecule is Cn1c(-c2cc(N3CCC(O)CC3)ncc2Cl)nc2ccccc21. The number of hydrogen-bond donors (Lipinski definition) is 1. The summed E-state index contributed by atoms with van der Waals surface area (Å²) in [5.41, 5.74) is 2.90. The van der Waals surface area contributed by atoms with E-state index in [4.69, 9.17) is 16.6 Å². The Morgan fingerprint density at radius 3 is 2.71 bits per heavy atom. The monoisotopic (exact) mass is 342 g/mol. The molecule has 5 nitrogen and oxygen atoms in total. The summed E-state index contributed by atoms with van der Waals surface area (Å²) in [6.45, 7) is 1.61. The standard InChI is InChI=1S/C18H19ClN4O/c1-22-16-5-3-2-4-15(16)21-18(22)13-10-17(20-11-14(13)19)23-8-6-12(24)7-9-23/h2-5,10-12,24H,6-9H2,1H3. The van der Waals surface area contributed by atoms with E-state index in [0.29, 0.717) is 5.02 Å². The summed E-state index contributed by atoms with van der Waals surface area (Å²) in [6.07, 6.45) is 3.03. The Bertz CT molecular complexity index is 884. The third-order valence-electron chi connectivity index (χ3n) is 4.66. The molecule has 6 heteroatoms. The molecule has 0 saturated carbocycles. The Labute approximate surface area is 145 Å². The van der Waals surface area contributed by atoms with Crippen LogP contribution in [0, 0.1) is 0 Å². The van der Waals surface area contributed by atoms with Crippen LogP contribution in [0.1, 0.15) is 12.8 Å². The first-order valence-corrected chi connectivity index (χ1v) is 8.51. The Kier molecular flexibility index (Phi) is 3.90. The predicted octanol–water partition coefficient (Wildman–Crippen LogP) is 3.25. The van der Waals surface area contributed by atoms with Crippen LogP contribution < -0.4 is 4.90 Å². The van der Waals surface area contributed by atoms with Crippen LogP contribution in [0.25, 0.3) is 22.4 Å². The van der Waals surface area contributed by atoms with E-state index < -0.39 is 0 Å². The van der Waals surface area contributed by atoms with Crippen LogP contribution in [0.5, 0.6) is 0 Å². The van der Waals surface area contributed by atoms with Crippen LogP contribution in [-0.4, -0.2) is 38.8 Å². The van der Waals surface area contributed by atoms with E-state index in [1.807, 2.05) is 37.4 Å². The van der Waals surface area contributed by atoms with Crippen molar-refractivity contribution >= 4 is 28.5 Å². The molecule has 3 aromatic rings. The number of anilines is 1. The second-order valence-electron chi connectivity index (χ2n) is 6.22. The van der Waals surface area contributed by atoms with Gasteiger partial charge in [0.2, 0.25) is 0 Å². The second-order valence-corrected chi connectivity index (χ2v) is 6.63. The summed E-state index contributed by atoms with van der Waals surface area (Å²) in [4.78, 5) is 11.4. The Hall–Kier alpha value is -2.11. The van der Waals surface area contributed by atoms with Crippen molar-refractivity contribution in [1.29, 1.82) is 0 Å². The number of aryl methyl sites for hydroxylation is 1. The van der Waals surface area contributed by atoms with Gasteiger partial charge in [0.05, 0.1) is 22.2 Å². The zero-order valence-electron chi connectivity index (χ0n) is 13.5. The molecule has 1 aliphatic heterocycles. The van der Waals surface area contributed by atoms with Crippen LogP contribution in [-0.2, 0) is 7.05 Å². The molecule has 1 N–H and O–H groups in total. The first kappa shape index (κ1) is 15.4. The third-order valence-corrected chi connectivity index (χ3v) is 4.96. The highest BCUT2D eigenvalue weighted by Crippen LogP contribution is 2.32. The highest BCUT2D eigenvalue weighted by molar-refractivity contribution is 6.33. The fourth-order valence-corrected chi connectivity index (χ4v) is 3.44. The van der Waals surface area contributed by atoms with Crippen LogP contribution >= 0.6 is 11.6 Å². The number of imidazole rings is 1. The lowest BCUT2D eigenvalue weighted by Crippen LogP contribution is -2.36. The lowest BCUT2D eigenvalue weighted by atomic mass is 10.1. The maximum atomic E-state index is 9.69. The maximum Gasteiger partial charge on any atom is 0.142 e. The summed E-state index contributed by atoms with van der Waals surface area (Å²) in [7, 11) is 2.00. The first-order chi connectivity index (χ1) is 11.6. The van der Waals surface area contributed by atoms with E-state index in [1.165, 1.54) is 0 Å². The number of piperidine rings is 1. The molecule has 2 aromatic heterocycles. The fourth-order valence-electron chi connectivity index (χ4n) is 3.25. The normalized spacial score (nSPS) is 16.0. The average Bonchev–Trinajstić information content (AvgIpc) is 2.93. The van der Waals surface area contributed by atoms with Crippen molar-refractivity contribution in [3.05, 3.63) is 41.6 Å². The molecule has 0 unspecified atom stereocenters. The van der Waals surface area contributed by atoms with Gasteiger partial charge in [0.1, 0.15) is 11.6 Å². The van der Waals surface area contributed by atoms with Gasteiger partial charge in [-0.1, -0.05) is 23.7 Å². The molecule has 0 amide bonds. The lowest BCUT2D eigenvalue weighted by Gasteiger charge is -2.30. The molecule has 1 aliphatic rings. The quantitative estimate of drug-likeness (QED) is 0.776. The van der Waals surface area contributed by atoms with Gasteiger partial charge in [-0.15, -0.1) is 0 Å². The van der Waals surface area contributed by atoms with Crippen LogP contribution in [0.15, 0.2) is 36.5 Å². The topological polar surface area (TPSA) is 54.2 Å². The minimum absolute atomic E-state index is 0.201. The minimum atomic E-state index is -0.201. The Balaban J connectivity index is 1.77. The maximum absolute atomic E-state index is 9.69. The fraction of sp³-hybridized carbons (Fsp3) is 0.333. The van der Waals surface area contributed by atoms with Gasteiger partial charge in [-0.3, -0.25) is 0 Å². The van der Waals surface area contributed by atoms with Gasteiger partial charge in [0.25, 0.3) is 0 Å².